The topological polar surface area (TPSA) is 101 Å². The van der Waals surface area contributed by atoms with Crippen LogP contribution in [-0.2, 0) is 11.2 Å². The molecule has 3 aromatic rings. The average molecular weight is 413 g/mol. The number of fused-ring (bicyclic) bond motifs is 3. The quantitative estimate of drug-likeness (QED) is 0.681. The van der Waals surface area contributed by atoms with E-state index >= 15 is 0 Å². The number of aromatic nitrogens is 1. The van der Waals surface area contributed by atoms with Crippen LogP contribution >= 0.6 is 0 Å². The number of rotatable bonds is 4. The Kier molecular flexibility index (Phi) is 4.47. The third-order valence-electron chi connectivity index (χ3n) is 6.77. The predicted octanol–water partition coefficient (Wildman–Crippen LogP) is 3.20. The molecular formula is C25H23N3O3. The van der Waals surface area contributed by atoms with Crippen molar-refractivity contribution in [1.82, 2.24) is 4.98 Å². The Morgan fingerprint density at radius 3 is 2.58 bits per heavy atom. The highest BCUT2D eigenvalue weighted by molar-refractivity contribution is 5.58. The van der Waals surface area contributed by atoms with Crippen LogP contribution in [0, 0.1) is 17.2 Å². The lowest BCUT2D eigenvalue weighted by molar-refractivity contribution is -0.106. The first-order chi connectivity index (χ1) is 15.1. The summed E-state index contributed by atoms with van der Waals surface area (Å²) in [6.45, 7) is 0.395. The Balaban J connectivity index is 1.82. The largest absolute Gasteiger partial charge is 0.495 e. The number of nitrogens with zero attached hydrogens (tertiary/aromatic N) is 2. The lowest BCUT2D eigenvalue weighted by atomic mass is 9.71. The maximum absolute atomic E-state index is 12.4. The number of nitrogens with two attached hydrogens (primary N) is 1. The van der Waals surface area contributed by atoms with Crippen LogP contribution in [0.15, 0.2) is 67.0 Å². The van der Waals surface area contributed by atoms with Gasteiger partial charge in [-0.25, -0.2) is 0 Å². The number of methoxy groups -OCH3 is 1. The summed E-state index contributed by atoms with van der Waals surface area (Å²) in [5, 5.41) is 21.7. The molecule has 1 aliphatic carbocycles. The number of hydrogen-bond donors (Lipinski definition) is 2. The van der Waals surface area contributed by atoms with Crippen molar-refractivity contribution in [2.24, 2.45) is 11.7 Å². The molecule has 2 aliphatic rings. The van der Waals surface area contributed by atoms with Gasteiger partial charge in [-0.15, -0.1) is 0 Å². The van der Waals surface area contributed by atoms with Crippen molar-refractivity contribution < 1.29 is 14.6 Å². The molecule has 0 unspecified atom stereocenters. The molecule has 6 nitrogen and oxygen atoms in total. The highest BCUT2D eigenvalue weighted by Crippen LogP contribution is 2.69. The molecule has 156 valence electrons. The smallest absolute Gasteiger partial charge is 0.174 e. The zero-order valence-electron chi connectivity index (χ0n) is 17.2. The minimum Gasteiger partial charge on any atom is -0.495 e. The molecule has 0 bridgehead atoms. The second-order valence-corrected chi connectivity index (χ2v) is 8.19. The first-order valence-corrected chi connectivity index (χ1v) is 10.3. The third kappa shape index (κ3) is 2.54. The fraction of sp³-hybridized carbons (Fsp3) is 0.280. The van der Waals surface area contributed by atoms with Crippen LogP contribution in [0.1, 0.15) is 34.6 Å². The zero-order valence-corrected chi connectivity index (χ0v) is 17.2. The molecule has 2 heterocycles. The second kappa shape index (κ2) is 7.09. The molecule has 0 amide bonds. The summed E-state index contributed by atoms with van der Waals surface area (Å²) in [5.41, 5.74) is 6.71. The maximum atomic E-state index is 12.4. The van der Waals surface area contributed by atoms with E-state index in [0.29, 0.717) is 35.6 Å². The molecule has 0 radical (unpaired) electrons. The SMILES string of the molecule is COc1cncc2c1[C@]1(O)C[C@H](CN)[C@@H](c3ccccc3)[C@]1(c1ccc(C#N)cc1)O2. The Labute approximate surface area is 180 Å². The van der Waals surface area contributed by atoms with E-state index in [4.69, 9.17) is 15.2 Å². The van der Waals surface area contributed by atoms with Crippen molar-refractivity contribution >= 4 is 0 Å². The minimum absolute atomic E-state index is 0.0333. The molecule has 1 aliphatic heterocycles. The fourth-order valence-electron chi connectivity index (χ4n) is 5.57. The number of benzene rings is 2. The summed E-state index contributed by atoms with van der Waals surface area (Å²) in [6.07, 6.45) is 3.64. The Morgan fingerprint density at radius 2 is 1.94 bits per heavy atom. The van der Waals surface area contributed by atoms with Gasteiger partial charge in [-0.05, 0) is 42.1 Å². The molecular weight excluding hydrogens is 390 g/mol. The first kappa shape index (κ1) is 19.6. The van der Waals surface area contributed by atoms with Gasteiger partial charge in [0.25, 0.3) is 0 Å². The van der Waals surface area contributed by atoms with Crippen LogP contribution in [0.3, 0.4) is 0 Å². The molecule has 2 aromatic carbocycles. The average Bonchev–Trinajstić information content (AvgIpc) is 3.23. The van der Waals surface area contributed by atoms with Crippen LogP contribution in [0.5, 0.6) is 11.5 Å². The van der Waals surface area contributed by atoms with E-state index in [2.05, 4.69) is 11.1 Å². The predicted molar refractivity (Wildman–Crippen MR) is 114 cm³/mol. The molecule has 31 heavy (non-hydrogen) atoms. The van der Waals surface area contributed by atoms with Gasteiger partial charge in [0, 0.05) is 5.92 Å². The highest BCUT2D eigenvalue weighted by atomic mass is 16.5. The molecule has 0 saturated heterocycles. The highest BCUT2D eigenvalue weighted by Gasteiger charge is 2.72. The van der Waals surface area contributed by atoms with Crippen LogP contribution in [0.25, 0.3) is 0 Å². The van der Waals surface area contributed by atoms with Gasteiger partial charge in [0.05, 0.1) is 36.7 Å². The van der Waals surface area contributed by atoms with Crippen molar-refractivity contribution in [3.05, 3.63) is 89.2 Å². The summed E-state index contributed by atoms with van der Waals surface area (Å²) >= 11 is 0. The Bertz CT molecular complexity index is 1160. The van der Waals surface area contributed by atoms with Crippen molar-refractivity contribution in [3.8, 4) is 17.6 Å². The normalized spacial score (nSPS) is 28.3. The summed E-state index contributed by atoms with van der Waals surface area (Å²) in [4.78, 5) is 4.25. The third-order valence-corrected chi connectivity index (χ3v) is 6.77. The standard InChI is InChI=1S/C25H23N3O3/c1-30-20-14-28-15-21-23(20)24(29)11-18(13-27)22(17-5-3-2-4-6-17)25(24,31-21)19-9-7-16(12-26)8-10-19/h2-10,14-15,18,22,29H,11,13,27H2,1H3/t18-,22-,24-,25+/m1/s1. The van der Waals surface area contributed by atoms with Crippen LogP contribution < -0.4 is 15.2 Å². The monoisotopic (exact) mass is 413 g/mol. The summed E-state index contributed by atoms with van der Waals surface area (Å²) in [6, 6.07) is 19.4. The zero-order chi connectivity index (χ0) is 21.6. The summed E-state index contributed by atoms with van der Waals surface area (Å²) in [7, 11) is 1.56. The summed E-state index contributed by atoms with van der Waals surface area (Å²) in [5.74, 6) is 0.741. The van der Waals surface area contributed by atoms with E-state index in [0.717, 1.165) is 11.1 Å². The van der Waals surface area contributed by atoms with Gasteiger partial charge in [-0.1, -0.05) is 42.5 Å². The molecule has 3 N–H and O–H groups in total. The Hall–Kier alpha value is -3.40. The Morgan fingerprint density at radius 1 is 1.19 bits per heavy atom. The molecule has 1 fully saturated rings. The molecule has 1 saturated carbocycles. The van der Waals surface area contributed by atoms with E-state index < -0.39 is 11.2 Å². The van der Waals surface area contributed by atoms with E-state index in [-0.39, 0.29) is 11.8 Å². The van der Waals surface area contributed by atoms with Crippen LogP contribution in [0.2, 0.25) is 0 Å². The van der Waals surface area contributed by atoms with Gasteiger partial charge in [-0.3, -0.25) is 4.98 Å². The lowest BCUT2D eigenvalue weighted by Gasteiger charge is -2.40. The molecule has 1 aromatic heterocycles. The van der Waals surface area contributed by atoms with E-state index in [9.17, 15) is 10.4 Å². The molecule has 6 heteroatoms. The van der Waals surface area contributed by atoms with Gasteiger partial charge in [-0.2, -0.15) is 5.26 Å². The number of hydrogen-bond acceptors (Lipinski definition) is 6. The fourth-order valence-corrected chi connectivity index (χ4v) is 5.57. The molecule has 5 rings (SSSR count). The van der Waals surface area contributed by atoms with E-state index in [1.807, 2.05) is 42.5 Å². The van der Waals surface area contributed by atoms with Gasteiger partial charge in [0.15, 0.2) is 5.60 Å². The number of pyridine rings is 1. The van der Waals surface area contributed by atoms with Crippen LogP contribution in [0.4, 0.5) is 0 Å². The summed E-state index contributed by atoms with van der Waals surface area (Å²) < 4.78 is 12.3. The number of aliphatic hydroxyl groups is 1. The van der Waals surface area contributed by atoms with Crippen molar-refractivity contribution in [1.29, 1.82) is 5.26 Å². The van der Waals surface area contributed by atoms with Crippen molar-refractivity contribution in [3.63, 3.8) is 0 Å². The van der Waals surface area contributed by atoms with Crippen molar-refractivity contribution in [2.75, 3.05) is 13.7 Å². The molecule has 4 atom stereocenters. The van der Waals surface area contributed by atoms with Gasteiger partial charge in [0.1, 0.15) is 17.1 Å². The van der Waals surface area contributed by atoms with Gasteiger partial charge in [0.2, 0.25) is 0 Å². The number of nitriles is 1. The first-order valence-electron chi connectivity index (χ1n) is 10.3. The van der Waals surface area contributed by atoms with E-state index in [1.54, 1.807) is 31.6 Å². The second-order valence-electron chi connectivity index (χ2n) is 8.19. The van der Waals surface area contributed by atoms with Gasteiger partial charge >= 0.3 is 0 Å². The van der Waals surface area contributed by atoms with Crippen molar-refractivity contribution in [2.45, 2.75) is 23.5 Å². The maximum Gasteiger partial charge on any atom is 0.174 e. The van der Waals surface area contributed by atoms with Gasteiger partial charge < -0.3 is 20.3 Å². The minimum atomic E-state index is -1.38. The lowest BCUT2D eigenvalue weighted by Crippen LogP contribution is -2.48. The molecule has 0 spiro atoms. The van der Waals surface area contributed by atoms with Crippen LogP contribution in [-0.4, -0.2) is 23.7 Å². The number of ether oxygens (including phenoxy) is 2. The van der Waals surface area contributed by atoms with E-state index in [1.165, 1.54) is 0 Å².